The van der Waals surface area contributed by atoms with Crippen LogP contribution in [-0.2, 0) is 57.4 Å². The molecule has 0 bridgehead atoms. The molecule has 648 valence electrons. The van der Waals surface area contributed by atoms with Gasteiger partial charge in [0.05, 0.1) is 5.52 Å². The monoisotopic (exact) mass is 1890 g/mol. The van der Waals surface area contributed by atoms with Crippen LogP contribution in [0.3, 0.4) is 0 Å². The zero-order valence-corrected chi connectivity index (χ0v) is 79.1. The van der Waals surface area contributed by atoms with Crippen LogP contribution < -0.4 is 9.47 Å². The smallest absolute Gasteiger partial charge is 0.669 e. The van der Waals surface area contributed by atoms with Gasteiger partial charge < -0.3 is 20.7 Å². The van der Waals surface area contributed by atoms with Gasteiger partial charge in [0, 0.05) is 21.7 Å². The van der Waals surface area contributed by atoms with E-state index in [0.29, 0.717) is 5.75 Å². The van der Waals surface area contributed by atoms with Crippen molar-refractivity contribution in [1.82, 2.24) is 4.98 Å². The minimum atomic E-state index is -0.412. The number of carbonyl (C=O) groups excluding carboxylic acids is 1. The molecule has 1 atom stereocenters. The van der Waals surface area contributed by atoms with Crippen molar-refractivity contribution < 1.29 is 39.8 Å². The molecule has 0 radical (unpaired) electrons. The molecule has 3 N–H and O–H groups in total. The summed E-state index contributed by atoms with van der Waals surface area (Å²) in [7, 11) is 0. The van der Waals surface area contributed by atoms with Crippen LogP contribution in [0.1, 0.15) is 167 Å². The zero-order chi connectivity index (χ0) is 89.3. The van der Waals surface area contributed by atoms with Gasteiger partial charge in [-0.25, -0.2) is 0 Å². The standard InChI is InChI=1S/C77H64O3.C24H18N.C24H21N.Ir.H2O/c1-74(2)66-17-11-9-15-58(66)60-35-25-51(42-68(60)74)53-27-37-64-62-33-23-49(40-70(62)76(5,6)72(64)44-53)47-19-29-56(30-20-47)79-39-13-14-55(78)46-80-57-31-21-48(22-32-57)50-24-34-63-65-38-28-54(45-73(65)77(7,8)71(63)41-50)52-26-36-61-59-16-10-12-18-67(59)75(3,4)69(61)43-52;1-24(2)20-9-5-4-8-18(20)19-13-11-17(15-21(19)24)23-14-12-16-7-3-6-10-22(16)25-23;1-24(2)21-11-7-6-10-19(21)20-14-13-18(16-22(20)24)23(25)15-12-17-8-4-3-5-9-17;;/h9-38,40-45H,39,46H2,1-8H3;3-10,12-15H,1-2H3;3-12,14-16,23,25H,1-2H3;;1H2/q;-1;-2;+3;/b14-13+;;15-12-;;. The Kier molecular flexibility index (Phi) is 22.5. The van der Waals surface area contributed by atoms with E-state index in [9.17, 15) is 4.79 Å². The van der Waals surface area contributed by atoms with Crippen molar-refractivity contribution in [3.63, 3.8) is 0 Å². The van der Waals surface area contributed by atoms with Gasteiger partial charge in [0.15, 0.2) is 12.4 Å². The SMILES string of the molecule is CC1(C)c2ccccc2-c2c[c-]c(-c3ccc4ccccc4n3)cc21.CC1(C)c2ccccc2-c2c[c-]c(C([NH-])/C=C\c3ccccc3)cc21.CC1(C)c2ccccc2-c2ccc(-c3ccc4c(c3)C(C)(C)c3cc(-c5ccc(OC/C=C/C(=O)COc6ccc(-c7ccc8c(c7)C(C)(C)c7cc(-c9ccc%10c(c9)C(C)(C)c9ccccc9-%10)ccc7-8)cc6)cc5)ccc3-4)cc21.O.[Ir+3]. The third-order valence-electron chi connectivity index (χ3n) is 29.1. The van der Waals surface area contributed by atoms with E-state index in [2.05, 4.69) is 386 Å². The maximum atomic E-state index is 12.9. The Morgan fingerprint density at radius 2 is 0.659 bits per heavy atom. The number of aromatic nitrogens is 1. The molecule has 0 saturated heterocycles. The van der Waals surface area contributed by atoms with E-state index in [1.165, 1.54) is 167 Å². The summed E-state index contributed by atoms with van der Waals surface area (Å²) in [4.78, 5) is 17.7. The van der Waals surface area contributed by atoms with Crippen LogP contribution in [0.15, 0.2) is 364 Å². The van der Waals surface area contributed by atoms with Crippen LogP contribution in [0.25, 0.3) is 145 Å². The maximum Gasteiger partial charge on any atom is 3.00 e. The molecule has 16 aromatic carbocycles. The summed E-state index contributed by atoms with van der Waals surface area (Å²) in [5, 5.41) is 1.17. The number of nitrogens with one attached hydrogen (secondary N) is 1. The van der Waals surface area contributed by atoms with Gasteiger partial charge in [0.2, 0.25) is 0 Å². The summed E-state index contributed by atoms with van der Waals surface area (Å²) in [6.45, 7) is 28.1. The van der Waals surface area contributed by atoms with E-state index in [1.54, 1.807) is 12.2 Å². The first-order valence-corrected chi connectivity index (χ1v) is 45.6. The van der Waals surface area contributed by atoms with Crippen LogP contribution in [-0.4, -0.2) is 29.5 Å². The summed E-state index contributed by atoms with van der Waals surface area (Å²) >= 11 is 0. The minimum Gasteiger partial charge on any atom is -0.669 e. The van der Waals surface area contributed by atoms with Gasteiger partial charge in [-0.15, -0.1) is 46.5 Å². The molecule has 1 aromatic heterocycles. The molecule has 1 unspecified atom stereocenters. The number of rotatable bonds is 15. The molecule has 0 amide bonds. The Hall–Kier alpha value is -13.8. The molecule has 0 fully saturated rings. The molecule has 17 aromatic rings. The second-order valence-electron chi connectivity index (χ2n) is 39.0. The van der Waals surface area contributed by atoms with Crippen molar-refractivity contribution in [2.75, 3.05) is 13.2 Å². The predicted octanol–water partition coefficient (Wildman–Crippen LogP) is 30.9. The summed E-state index contributed by atoms with van der Waals surface area (Å²) in [6.07, 6.45) is 7.24. The van der Waals surface area contributed by atoms with Gasteiger partial charge >= 0.3 is 20.1 Å². The molecule has 1 heterocycles. The van der Waals surface area contributed by atoms with Gasteiger partial charge in [-0.1, -0.05) is 367 Å². The molecule has 6 nitrogen and oxygen atoms in total. The average Bonchev–Trinajstić information content (AvgIpc) is 1.56. The van der Waals surface area contributed by atoms with Crippen LogP contribution in [0.2, 0.25) is 0 Å². The Morgan fingerprint density at radius 3 is 1.08 bits per heavy atom. The molecule has 7 heteroatoms. The Bertz CT molecular complexity index is 7500. The van der Waals surface area contributed by atoms with E-state index in [4.69, 9.17) is 20.2 Å². The first-order valence-electron chi connectivity index (χ1n) is 45.6. The van der Waals surface area contributed by atoms with Crippen LogP contribution >= 0.6 is 0 Å². The summed E-state index contributed by atoms with van der Waals surface area (Å²) in [5.74, 6) is 1.27. The second-order valence-corrected chi connectivity index (χ2v) is 39.0. The number of ketones is 1. The van der Waals surface area contributed by atoms with Crippen LogP contribution in [0.5, 0.6) is 11.5 Å². The van der Waals surface area contributed by atoms with Crippen molar-refractivity contribution in [1.29, 1.82) is 0 Å². The van der Waals surface area contributed by atoms with Gasteiger partial charge in [0.1, 0.15) is 18.1 Å². The topological polar surface area (TPSA) is 104 Å². The maximum absolute atomic E-state index is 12.9. The molecule has 0 spiro atoms. The minimum absolute atomic E-state index is 0. The van der Waals surface area contributed by atoms with E-state index in [0.717, 1.165) is 50.3 Å². The summed E-state index contributed by atoms with van der Waals surface area (Å²) in [6, 6.07) is 131. The third kappa shape index (κ3) is 15.1. The van der Waals surface area contributed by atoms with Gasteiger partial charge in [-0.3, -0.25) is 9.78 Å². The van der Waals surface area contributed by atoms with Crippen molar-refractivity contribution >= 4 is 22.8 Å². The fraction of sp³-hybridized carbons (Fsp3) is 0.168. The number of fused-ring (bicyclic) bond motifs is 19. The Labute approximate surface area is 790 Å². The van der Waals surface area contributed by atoms with Gasteiger partial charge in [-0.2, -0.15) is 23.8 Å². The van der Waals surface area contributed by atoms with Crippen molar-refractivity contribution in [2.24, 2.45) is 0 Å². The van der Waals surface area contributed by atoms with Gasteiger partial charge in [-0.05, 0) is 251 Å². The van der Waals surface area contributed by atoms with Gasteiger partial charge in [0.25, 0.3) is 0 Å². The second kappa shape index (κ2) is 33.9. The average molecular weight is 1890 g/mol. The van der Waals surface area contributed by atoms with E-state index >= 15 is 0 Å². The molecule has 0 saturated carbocycles. The van der Waals surface area contributed by atoms with Crippen molar-refractivity contribution in [3.8, 4) is 134 Å². The van der Waals surface area contributed by atoms with Crippen molar-refractivity contribution in [2.45, 2.75) is 122 Å². The quantitative estimate of drug-likeness (QED) is 0.0753. The number of benzene rings is 16. The first kappa shape index (κ1) is 87.6. The number of para-hydroxylation sites is 1. The zero-order valence-electron chi connectivity index (χ0n) is 76.7. The number of ether oxygens (including phenoxy) is 2. The molecule has 23 rings (SSSR count). The van der Waals surface area contributed by atoms with E-state index < -0.39 is 6.04 Å². The third-order valence-corrected chi connectivity index (χ3v) is 29.1. The normalized spacial score (nSPS) is 15.1. The van der Waals surface area contributed by atoms with Crippen LogP contribution in [0, 0.1) is 12.1 Å². The fourth-order valence-corrected chi connectivity index (χ4v) is 21.7. The molecule has 0 aliphatic heterocycles. The molecular formula is C125H105IrN2O4. The number of nitrogens with zero attached hydrogens (tertiary/aromatic N) is 1. The number of carbonyl (C=O) groups is 1. The fourth-order valence-electron chi connectivity index (χ4n) is 21.7. The molecule has 132 heavy (non-hydrogen) atoms. The van der Waals surface area contributed by atoms with E-state index in [-0.39, 0.29) is 77.1 Å². The molecule has 6 aliphatic carbocycles. The number of pyridine rings is 1. The number of hydrogen-bond acceptors (Lipinski definition) is 4. The molecule has 6 aliphatic rings. The Morgan fingerprint density at radius 1 is 0.333 bits per heavy atom. The van der Waals surface area contributed by atoms with E-state index in [1.807, 2.05) is 66.7 Å². The largest absolute Gasteiger partial charge is 3.00 e. The summed E-state index contributed by atoms with van der Waals surface area (Å²) in [5.41, 5.74) is 54.9. The van der Waals surface area contributed by atoms with Crippen LogP contribution in [0.4, 0.5) is 0 Å². The molecular weight excluding hydrogens is 1790 g/mol. The Balaban J connectivity index is 0.000000174. The predicted molar refractivity (Wildman–Crippen MR) is 543 cm³/mol. The summed E-state index contributed by atoms with van der Waals surface area (Å²) < 4.78 is 12.0. The van der Waals surface area contributed by atoms with Crippen molar-refractivity contribution in [3.05, 3.63) is 460 Å². The first-order chi connectivity index (χ1) is 62.8. The number of hydrogen-bond donors (Lipinski definition) is 0.